The van der Waals surface area contributed by atoms with Crippen molar-refractivity contribution in [2.75, 3.05) is 6.54 Å². The van der Waals surface area contributed by atoms with Crippen LogP contribution in [-0.2, 0) is 0 Å². The van der Waals surface area contributed by atoms with Gasteiger partial charge in [0.15, 0.2) is 0 Å². The molecule has 1 N–H and O–H groups in total. The number of halogens is 2. The summed E-state index contributed by atoms with van der Waals surface area (Å²) in [7, 11) is 0. The van der Waals surface area contributed by atoms with Crippen LogP contribution in [0.2, 0.25) is 0 Å². The summed E-state index contributed by atoms with van der Waals surface area (Å²) in [4.78, 5) is 0. The summed E-state index contributed by atoms with van der Waals surface area (Å²) < 4.78 is 14.1. The van der Waals surface area contributed by atoms with Gasteiger partial charge in [0, 0.05) is 16.1 Å². The van der Waals surface area contributed by atoms with Crippen LogP contribution >= 0.6 is 15.9 Å². The SMILES string of the molecule is Fc1ccc(Br)cc1[C@H]1CCN1. The van der Waals surface area contributed by atoms with Crippen LogP contribution in [0.1, 0.15) is 18.0 Å². The number of hydrogen-bond donors (Lipinski definition) is 1. The first-order chi connectivity index (χ1) is 5.77. The summed E-state index contributed by atoms with van der Waals surface area (Å²) in [6.07, 6.45) is 1.04. The quantitative estimate of drug-likeness (QED) is 0.781. The lowest BCUT2D eigenvalue weighted by molar-refractivity contribution is 0.370. The first-order valence-electron chi connectivity index (χ1n) is 3.96. The van der Waals surface area contributed by atoms with Crippen molar-refractivity contribution in [2.24, 2.45) is 0 Å². The van der Waals surface area contributed by atoms with Crippen LogP contribution < -0.4 is 5.32 Å². The van der Waals surface area contributed by atoms with E-state index in [4.69, 9.17) is 0 Å². The maximum absolute atomic E-state index is 13.2. The minimum absolute atomic E-state index is 0.115. The zero-order chi connectivity index (χ0) is 8.55. The van der Waals surface area contributed by atoms with E-state index in [1.807, 2.05) is 6.07 Å². The lowest BCUT2D eigenvalue weighted by Crippen LogP contribution is -2.35. The van der Waals surface area contributed by atoms with Gasteiger partial charge < -0.3 is 5.32 Å². The molecule has 1 aliphatic heterocycles. The van der Waals surface area contributed by atoms with E-state index >= 15 is 0 Å². The van der Waals surface area contributed by atoms with E-state index in [9.17, 15) is 4.39 Å². The summed E-state index contributed by atoms with van der Waals surface area (Å²) >= 11 is 3.32. The van der Waals surface area contributed by atoms with Crippen molar-refractivity contribution >= 4 is 15.9 Å². The van der Waals surface area contributed by atoms with Gasteiger partial charge in [0.25, 0.3) is 0 Å². The predicted molar refractivity (Wildman–Crippen MR) is 49.5 cm³/mol. The first-order valence-corrected chi connectivity index (χ1v) is 4.75. The number of benzene rings is 1. The molecule has 0 bridgehead atoms. The van der Waals surface area contributed by atoms with Gasteiger partial charge >= 0.3 is 0 Å². The zero-order valence-electron chi connectivity index (χ0n) is 6.48. The maximum Gasteiger partial charge on any atom is 0.128 e. The Hall–Kier alpha value is -0.410. The highest BCUT2D eigenvalue weighted by atomic mass is 79.9. The number of rotatable bonds is 1. The van der Waals surface area contributed by atoms with Crippen LogP contribution in [0.25, 0.3) is 0 Å². The Kier molecular flexibility index (Phi) is 2.15. The molecule has 1 aromatic rings. The van der Waals surface area contributed by atoms with Crippen LogP contribution in [0.15, 0.2) is 22.7 Å². The van der Waals surface area contributed by atoms with E-state index < -0.39 is 0 Å². The van der Waals surface area contributed by atoms with Crippen molar-refractivity contribution < 1.29 is 4.39 Å². The highest BCUT2D eigenvalue weighted by molar-refractivity contribution is 9.10. The van der Waals surface area contributed by atoms with Gasteiger partial charge in [-0.1, -0.05) is 15.9 Å². The second-order valence-corrected chi connectivity index (χ2v) is 3.88. The summed E-state index contributed by atoms with van der Waals surface area (Å²) in [6.45, 7) is 0.997. The molecule has 1 saturated heterocycles. The fourth-order valence-electron chi connectivity index (χ4n) is 1.34. The predicted octanol–water partition coefficient (Wildman–Crippen LogP) is 2.62. The van der Waals surface area contributed by atoms with E-state index in [1.165, 1.54) is 6.07 Å². The molecule has 0 saturated carbocycles. The molecule has 1 fully saturated rings. The lowest BCUT2D eigenvalue weighted by Gasteiger charge is -2.28. The number of hydrogen-bond acceptors (Lipinski definition) is 1. The molecule has 1 atom stereocenters. The van der Waals surface area contributed by atoms with Crippen molar-refractivity contribution in [3.8, 4) is 0 Å². The standard InChI is InChI=1S/C9H9BrFN/c10-6-1-2-8(11)7(5-6)9-3-4-12-9/h1-2,5,9,12H,3-4H2/t9-/m1/s1. The molecule has 1 aliphatic rings. The number of nitrogens with one attached hydrogen (secondary N) is 1. The minimum Gasteiger partial charge on any atom is -0.310 e. The van der Waals surface area contributed by atoms with Crippen LogP contribution in [-0.4, -0.2) is 6.54 Å². The van der Waals surface area contributed by atoms with Crippen molar-refractivity contribution in [3.05, 3.63) is 34.1 Å². The van der Waals surface area contributed by atoms with E-state index in [1.54, 1.807) is 6.07 Å². The van der Waals surface area contributed by atoms with Gasteiger partial charge in [0.05, 0.1) is 0 Å². The molecular weight excluding hydrogens is 221 g/mol. The molecule has 0 spiro atoms. The van der Waals surface area contributed by atoms with Crippen LogP contribution in [0.5, 0.6) is 0 Å². The summed E-state index contributed by atoms with van der Waals surface area (Å²) in [5.41, 5.74) is 0.774. The second kappa shape index (κ2) is 3.15. The van der Waals surface area contributed by atoms with E-state index in [0.717, 1.165) is 23.0 Å². The fourth-order valence-corrected chi connectivity index (χ4v) is 1.71. The Bertz CT molecular complexity index is 297. The average molecular weight is 230 g/mol. The Labute approximate surface area is 79.1 Å². The molecule has 1 nitrogen and oxygen atoms in total. The second-order valence-electron chi connectivity index (χ2n) is 2.96. The summed E-state index contributed by atoms with van der Waals surface area (Å²) in [6, 6.07) is 5.28. The largest absolute Gasteiger partial charge is 0.310 e. The lowest BCUT2D eigenvalue weighted by atomic mass is 9.98. The van der Waals surface area contributed by atoms with Gasteiger partial charge in [-0.15, -0.1) is 0 Å². The molecule has 12 heavy (non-hydrogen) atoms. The van der Waals surface area contributed by atoms with Gasteiger partial charge in [-0.3, -0.25) is 0 Å². The van der Waals surface area contributed by atoms with Crippen LogP contribution in [0.3, 0.4) is 0 Å². The molecule has 2 rings (SSSR count). The summed E-state index contributed by atoms with van der Waals surface area (Å²) in [5.74, 6) is -0.115. The van der Waals surface area contributed by atoms with E-state index in [0.29, 0.717) is 0 Å². The molecule has 0 radical (unpaired) electrons. The molecule has 0 unspecified atom stereocenters. The van der Waals surface area contributed by atoms with Crippen molar-refractivity contribution in [2.45, 2.75) is 12.5 Å². The normalized spacial score (nSPS) is 22.0. The molecule has 0 aromatic heterocycles. The maximum atomic E-state index is 13.2. The van der Waals surface area contributed by atoms with Gasteiger partial charge in [0.2, 0.25) is 0 Å². The third-order valence-corrected chi connectivity index (χ3v) is 2.65. The molecular formula is C9H9BrFN. The van der Waals surface area contributed by atoms with Gasteiger partial charge in [-0.25, -0.2) is 4.39 Å². The minimum atomic E-state index is -0.115. The van der Waals surface area contributed by atoms with Crippen LogP contribution in [0.4, 0.5) is 4.39 Å². The Morgan fingerprint density at radius 2 is 2.25 bits per heavy atom. The molecule has 0 aliphatic carbocycles. The average Bonchev–Trinajstić information content (AvgIpc) is 1.93. The van der Waals surface area contributed by atoms with Gasteiger partial charge in [0.1, 0.15) is 5.82 Å². The monoisotopic (exact) mass is 229 g/mol. The molecule has 3 heteroatoms. The third kappa shape index (κ3) is 1.39. The first kappa shape index (κ1) is 8.20. The van der Waals surface area contributed by atoms with Gasteiger partial charge in [-0.2, -0.15) is 0 Å². The fraction of sp³-hybridized carbons (Fsp3) is 0.333. The molecule has 64 valence electrons. The Morgan fingerprint density at radius 3 is 2.83 bits per heavy atom. The topological polar surface area (TPSA) is 12.0 Å². The van der Waals surface area contributed by atoms with Crippen LogP contribution in [0, 0.1) is 5.82 Å². The smallest absolute Gasteiger partial charge is 0.128 e. The van der Waals surface area contributed by atoms with E-state index in [2.05, 4.69) is 21.2 Å². The highest BCUT2D eigenvalue weighted by Crippen LogP contribution is 2.27. The zero-order valence-corrected chi connectivity index (χ0v) is 8.07. The molecule has 1 heterocycles. The van der Waals surface area contributed by atoms with Crippen molar-refractivity contribution in [1.29, 1.82) is 0 Å². The van der Waals surface area contributed by atoms with Gasteiger partial charge in [-0.05, 0) is 31.2 Å². The Morgan fingerprint density at radius 1 is 1.50 bits per heavy atom. The summed E-state index contributed by atoms with van der Waals surface area (Å²) in [5, 5.41) is 3.17. The third-order valence-electron chi connectivity index (χ3n) is 2.16. The molecule has 1 aromatic carbocycles. The van der Waals surface area contributed by atoms with Crippen molar-refractivity contribution in [1.82, 2.24) is 5.32 Å². The highest BCUT2D eigenvalue weighted by Gasteiger charge is 2.21. The Balaban J connectivity index is 2.34. The molecule has 0 amide bonds. The van der Waals surface area contributed by atoms with E-state index in [-0.39, 0.29) is 11.9 Å². The van der Waals surface area contributed by atoms with Crippen molar-refractivity contribution in [3.63, 3.8) is 0 Å².